The van der Waals surface area contributed by atoms with Crippen molar-refractivity contribution in [3.8, 4) is 0 Å². The highest BCUT2D eigenvalue weighted by molar-refractivity contribution is 5.71. The molecule has 0 amide bonds. The average molecular weight is 1310 g/mol. The Kier molecular flexibility index (Phi) is 69.4. The highest BCUT2D eigenvalue weighted by Gasteiger charge is 2.25. The lowest BCUT2D eigenvalue weighted by Crippen LogP contribution is -2.40. The Labute approximate surface area is 582 Å². The summed E-state index contributed by atoms with van der Waals surface area (Å²) in [6.45, 7) is 4.63. The molecule has 9 heteroatoms. The third-order valence-corrected chi connectivity index (χ3v) is 15.3. The summed E-state index contributed by atoms with van der Waals surface area (Å²) in [6, 6.07) is 0. The Morgan fingerprint density at radius 2 is 0.568 bits per heavy atom. The first kappa shape index (κ1) is 89.1. The molecule has 0 aromatic rings. The van der Waals surface area contributed by atoms with Crippen LogP contribution in [0.15, 0.2) is 194 Å². The number of carbonyl (C=O) groups is 3. The number of likely N-dealkylation sites (N-methyl/N-ethyl adjacent to an activating group) is 1. The lowest BCUT2D eigenvalue weighted by molar-refractivity contribution is -0.870. The second kappa shape index (κ2) is 73.9. The van der Waals surface area contributed by atoms with Crippen LogP contribution in [-0.2, 0) is 33.3 Å². The zero-order valence-corrected chi connectivity index (χ0v) is 61.0. The molecule has 0 aliphatic carbocycles. The first-order valence-corrected chi connectivity index (χ1v) is 37.6. The molecule has 0 saturated heterocycles. The number of esters is 2. The molecule has 0 aliphatic rings. The third kappa shape index (κ3) is 75.4. The number of carboxylic acid groups (broad SMARTS) is 1. The summed E-state index contributed by atoms with van der Waals surface area (Å²) in [5, 5.41) is 9.77. The molecule has 9 nitrogen and oxygen atoms in total. The zero-order chi connectivity index (χ0) is 69.0. The van der Waals surface area contributed by atoms with E-state index in [1.807, 2.05) is 21.1 Å². The van der Waals surface area contributed by atoms with E-state index in [0.29, 0.717) is 17.4 Å². The largest absolute Gasteiger partial charge is 0.477 e. The highest BCUT2D eigenvalue weighted by Crippen LogP contribution is 2.16. The van der Waals surface area contributed by atoms with E-state index in [0.717, 1.165) is 161 Å². The van der Waals surface area contributed by atoms with Crippen LogP contribution < -0.4 is 0 Å². The quantitative estimate of drug-likeness (QED) is 0.0211. The number of aliphatic carboxylic acids is 1. The average Bonchev–Trinajstić information content (AvgIpc) is 2.94. The van der Waals surface area contributed by atoms with Gasteiger partial charge in [-0.2, -0.15) is 0 Å². The maximum absolute atomic E-state index is 13.0. The van der Waals surface area contributed by atoms with Crippen molar-refractivity contribution in [1.29, 1.82) is 0 Å². The lowest BCUT2D eigenvalue weighted by atomic mass is 10.0. The van der Waals surface area contributed by atoms with Crippen molar-refractivity contribution in [2.24, 2.45) is 0 Å². The fourth-order valence-electron chi connectivity index (χ4n) is 9.69. The molecule has 0 aromatic heterocycles. The SMILES string of the molecule is CC/C=C\C/C=C\C/C=C\C/C=C\C/C=C\C/C=C\C/C=C\C/C=C\CCCCCCCCCCCCC(=O)OCC(COC(OCC[N+](C)(C)C)C(=O)O)OC(=O)CCCCCCCCCCCC/C=C\C/C=C\C/C=C\C/C=C\C/C=C\C/C=C\C/C=C\C/C=C\CC. The van der Waals surface area contributed by atoms with Gasteiger partial charge in [0, 0.05) is 12.8 Å². The number of nitrogens with zero attached hydrogens (tertiary/aromatic N) is 1. The van der Waals surface area contributed by atoms with E-state index < -0.39 is 24.3 Å². The number of hydrogen-bond acceptors (Lipinski definition) is 7. The summed E-state index contributed by atoms with van der Waals surface area (Å²) < 4.78 is 23.0. The molecule has 0 bridgehead atoms. The van der Waals surface area contributed by atoms with E-state index in [2.05, 4.69) is 208 Å². The van der Waals surface area contributed by atoms with E-state index in [-0.39, 0.29) is 38.6 Å². The maximum Gasteiger partial charge on any atom is 0.361 e. The molecule has 1 N–H and O–H groups in total. The molecule has 0 heterocycles. The summed E-state index contributed by atoms with van der Waals surface area (Å²) in [7, 11) is 5.97. The second-order valence-corrected chi connectivity index (χ2v) is 25.5. The van der Waals surface area contributed by atoms with Gasteiger partial charge in [-0.05, 0) is 141 Å². The van der Waals surface area contributed by atoms with E-state index in [1.165, 1.54) is 77.0 Å². The van der Waals surface area contributed by atoms with Crippen molar-refractivity contribution in [3.05, 3.63) is 194 Å². The molecule has 0 spiro atoms. The fraction of sp³-hybridized carbons (Fsp3) is 0.593. The van der Waals surface area contributed by atoms with Crippen molar-refractivity contribution in [2.75, 3.05) is 47.5 Å². The van der Waals surface area contributed by atoms with Crippen LogP contribution in [0, 0.1) is 0 Å². The van der Waals surface area contributed by atoms with Crippen molar-refractivity contribution in [2.45, 2.75) is 283 Å². The highest BCUT2D eigenvalue weighted by atomic mass is 16.7. The third-order valence-electron chi connectivity index (χ3n) is 15.3. The fourth-order valence-corrected chi connectivity index (χ4v) is 9.69. The van der Waals surface area contributed by atoms with Crippen LogP contribution in [0.2, 0.25) is 0 Å². The lowest BCUT2D eigenvalue weighted by Gasteiger charge is -2.25. The van der Waals surface area contributed by atoms with Gasteiger partial charge < -0.3 is 28.5 Å². The number of ether oxygens (including phenoxy) is 4. The number of unbranched alkanes of at least 4 members (excludes halogenated alkanes) is 20. The molecule has 534 valence electrons. The summed E-state index contributed by atoms with van der Waals surface area (Å²) in [4.78, 5) is 37.7. The Morgan fingerprint density at radius 3 is 0.842 bits per heavy atom. The minimum Gasteiger partial charge on any atom is -0.477 e. The van der Waals surface area contributed by atoms with E-state index >= 15 is 0 Å². The van der Waals surface area contributed by atoms with Crippen LogP contribution in [-0.4, -0.2) is 87.4 Å². The van der Waals surface area contributed by atoms with Crippen LogP contribution in [0.5, 0.6) is 0 Å². The van der Waals surface area contributed by atoms with Crippen LogP contribution >= 0.6 is 0 Å². The standard InChI is InChI=1S/C86H137NO8/c1-6-8-10-12-14-16-18-20-22-24-26-28-30-32-34-36-38-40-42-44-46-48-50-52-54-56-58-60-62-64-66-68-70-72-74-76-83(88)93-80-82(81-94-86(85(90)91)92-79-78-87(3,4)5)95-84(89)77-75-73-71-69-67-65-63-61-59-57-55-53-51-49-47-45-43-41-39-37-35-33-31-29-27-25-23-21-19-17-15-13-11-9-7-2/h8-11,14-17,20-23,26-29,32-35,38-41,44-47,50-53,82,86H,6-7,12-13,18-19,24-25,30-31,36-37,42-43,48-49,54-81H2,1-5H3/p+1/b10-8-,11-9-,16-14-,17-15-,22-20-,23-21-,28-26-,29-27-,34-32-,35-33-,40-38-,41-39-,46-44-,47-45-,52-50-,53-51-. The normalized spacial score (nSPS) is 13.8. The first-order chi connectivity index (χ1) is 46.6. The minimum absolute atomic E-state index is 0.176. The molecule has 2 unspecified atom stereocenters. The van der Waals surface area contributed by atoms with Gasteiger partial charge in [0.05, 0.1) is 34.4 Å². The molecule has 2 atom stereocenters. The number of hydrogen-bond donors (Lipinski definition) is 1. The number of carbonyl (C=O) groups excluding carboxylic acids is 2. The van der Waals surface area contributed by atoms with Gasteiger partial charge in [-0.1, -0.05) is 311 Å². The van der Waals surface area contributed by atoms with Gasteiger partial charge in [0.2, 0.25) is 0 Å². The summed E-state index contributed by atoms with van der Waals surface area (Å²) in [5.74, 6) is -2.03. The van der Waals surface area contributed by atoms with Crippen LogP contribution in [0.25, 0.3) is 0 Å². The Morgan fingerprint density at radius 1 is 0.316 bits per heavy atom. The van der Waals surface area contributed by atoms with Gasteiger partial charge in [0.25, 0.3) is 6.29 Å². The summed E-state index contributed by atoms with van der Waals surface area (Å²) >= 11 is 0. The smallest absolute Gasteiger partial charge is 0.361 e. The molecule has 0 aliphatic heterocycles. The molecule has 95 heavy (non-hydrogen) atoms. The van der Waals surface area contributed by atoms with Gasteiger partial charge in [-0.25, -0.2) is 4.79 Å². The Hall–Kier alpha value is -5.87. The topological polar surface area (TPSA) is 108 Å². The zero-order valence-electron chi connectivity index (χ0n) is 61.0. The van der Waals surface area contributed by atoms with E-state index in [9.17, 15) is 19.5 Å². The van der Waals surface area contributed by atoms with Crippen molar-refractivity contribution >= 4 is 17.9 Å². The second-order valence-electron chi connectivity index (χ2n) is 25.5. The number of rotatable bonds is 67. The molecular weight excluding hydrogens is 1170 g/mol. The summed E-state index contributed by atoms with van der Waals surface area (Å²) in [6.07, 6.45) is 111. The van der Waals surface area contributed by atoms with Gasteiger partial charge in [-0.15, -0.1) is 0 Å². The molecule has 0 aromatic carbocycles. The Bertz CT molecular complexity index is 2270. The van der Waals surface area contributed by atoms with Gasteiger partial charge in [0.1, 0.15) is 13.2 Å². The molecule has 0 rings (SSSR count). The van der Waals surface area contributed by atoms with E-state index in [4.69, 9.17) is 18.9 Å². The van der Waals surface area contributed by atoms with Crippen molar-refractivity contribution < 1.29 is 42.9 Å². The van der Waals surface area contributed by atoms with Crippen LogP contribution in [0.4, 0.5) is 0 Å². The first-order valence-electron chi connectivity index (χ1n) is 37.6. The monoisotopic (exact) mass is 1310 g/mol. The molecule has 0 saturated carbocycles. The number of allylic oxidation sites excluding steroid dienone is 32. The van der Waals surface area contributed by atoms with Gasteiger partial charge in [-0.3, -0.25) is 9.59 Å². The minimum atomic E-state index is -1.53. The number of carboxylic acids is 1. The van der Waals surface area contributed by atoms with E-state index in [1.54, 1.807) is 0 Å². The predicted octanol–water partition coefficient (Wildman–Crippen LogP) is 24.1. The van der Waals surface area contributed by atoms with Crippen molar-refractivity contribution in [1.82, 2.24) is 0 Å². The summed E-state index contributed by atoms with van der Waals surface area (Å²) in [5.41, 5.74) is 0. The predicted molar refractivity (Wildman–Crippen MR) is 409 cm³/mol. The molecule has 0 fully saturated rings. The van der Waals surface area contributed by atoms with Crippen LogP contribution in [0.1, 0.15) is 271 Å². The Balaban J connectivity index is 4.18. The van der Waals surface area contributed by atoms with Gasteiger partial charge in [0.15, 0.2) is 6.10 Å². The van der Waals surface area contributed by atoms with Crippen LogP contribution in [0.3, 0.4) is 0 Å². The van der Waals surface area contributed by atoms with Crippen molar-refractivity contribution in [3.63, 3.8) is 0 Å². The van der Waals surface area contributed by atoms with Gasteiger partial charge >= 0.3 is 17.9 Å². The molecule has 0 radical (unpaired) electrons. The number of quaternary nitrogens is 1. The molecular formula is C86H138NO8+. The maximum atomic E-state index is 13.0.